The molecule has 0 saturated carbocycles. The van der Waals surface area contributed by atoms with Crippen molar-refractivity contribution in [1.29, 1.82) is 5.26 Å². The van der Waals surface area contributed by atoms with E-state index in [0.29, 0.717) is 5.92 Å². The molecule has 1 aliphatic carbocycles. The second-order valence-electron chi connectivity index (χ2n) is 4.12. The molecule has 1 atom stereocenters. The summed E-state index contributed by atoms with van der Waals surface area (Å²) in [6.45, 7) is 6.64. The van der Waals surface area contributed by atoms with Gasteiger partial charge < -0.3 is 0 Å². The molecule has 1 heteroatoms. The number of hydrogen-bond donors (Lipinski definition) is 0. The van der Waals surface area contributed by atoms with Crippen LogP contribution in [-0.2, 0) is 0 Å². The summed E-state index contributed by atoms with van der Waals surface area (Å²) in [5, 5.41) is 8.89. The summed E-state index contributed by atoms with van der Waals surface area (Å²) < 4.78 is 0. The van der Waals surface area contributed by atoms with E-state index in [1.807, 2.05) is 0 Å². The van der Waals surface area contributed by atoms with Gasteiger partial charge in [-0.2, -0.15) is 5.26 Å². The van der Waals surface area contributed by atoms with Crippen LogP contribution in [-0.4, -0.2) is 0 Å². The summed E-state index contributed by atoms with van der Waals surface area (Å²) in [6, 6.07) is 2.34. The van der Waals surface area contributed by atoms with Crippen LogP contribution in [0.2, 0.25) is 0 Å². The predicted octanol–water partition coefficient (Wildman–Crippen LogP) is 3.28. The molecular weight excluding hydrogens is 146 g/mol. The van der Waals surface area contributed by atoms with E-state index in [-0.39, 0.29) is 0 Å². The number of nitriles is 1. The molecule has 0 amide bonds. The van der Waals surface area contributed by atoms with Crippen LogP contribution in [0.15, 0.2) is 11.1 Å². The highest BCUT2D eigenvalue weighted by Gasteiger charge is 2.19. The van der Waals surface area contributed by atoms with Gasteiger partial charge in [0.1, 0.15) is 0 Å². The van der Waals surface area contributed by atoms with Crippen LogP contribution in [0.1, 0.15) is 40.0 Å². The Labute approximate surface area is 75.1 Å². The largest absolute Gasteiger partial charge is 0.193 e. The third-order valence-electron chi connectivity index (χ3n) is 2.68. The molecule has 0 heterocycles. The lowest BCUT2D eigenvalue weighted by Crippen LogP contribution is -2.10. The van der Waals surface area contributed by atoms with Crippen molar-refractivity contribution in [1.82, 2.24) is 0 Å². The maximum atomic E-state index is 8.89. The van der Waals surface area contributed by atoms with Crippen molar-refractivity contribution in [2.75, 3.05) is 0 Å². The van der Waals surface area contributed by atoms with Gasteiger partial charge in [0.2, 0.25) is 0 Å². The average Bonchev–Trinajstić information content (AvgIpc) is 2.04. The Hall–Kier alpha value is -0.770. The third-order valence-corrected chi connectivity index (χ3v) is 2.68. The molecule has 0 bridgehead atoms. The predicted molar refractivity (Wildman–Crippen MR) is 50.5 cm³/mol. The molecule has 0 N–H and O–H groups in total. The molecule has 1 nitrogen and oxygen atoms in total. The van der Waals surface area contributed by atoms with Crippen molar-refractivity contribution < 1.29 is 0 Å². The molecule has 0 radical (unpaired) electrons. The van der Waals surface area contributed by atoms with E-state index in [1.54, 1.807) is 0 Å². The number of allylic oxidation sites excluding steroid dienone is 2. The van der Waals surface area contributed by atoms with Gasteiger partial charge in [-0.1, -0.05) is 26.3 Å². The first-order valence-corrected chi connectivity index (χ1v) is 4.77. The van der Waals surface area contributed by atoms with Gasteiger partial charge in [0.25, 0.3) is 0 Å². The fraction of sp³-hybridized carbons (Fsp3) is 0.727. The topological polar surface area (TPSA) is 23.8 Å². The Morgan fingerprint density at radius 2 is 2.17 bits per heavy atom. The second-order valence-corrected chi connectivity index (χ2v) is 4.12. The minimum Gasteiger partial charge on any atom is -0.193 e. The van der Waals surface area contributed by atoms with Crippen molar-refractivity contribution in [3.8, 4) is 6.07 Å². The van der Waals surface area contributed by atoms with E-state index in [4.69, 9.17) is 5.26 Å². The first-order valence-electron chi connectivity index (χ1n) is 4.77. The molecule has 0 aromatic rings. The van der Waals surface area contributed by atoms with E-state index in [0.717, 1.165) is 24.3 Å². The van der Waals surface area contributed by atoms with Gasteiger partial charge in [-0.25, -0.2) is 0 Å². The van der Waals surface area contributed by atoms with Gasteiger partial charge in [-0.15, -0.1) is 0 Å². The summed E-state index contributed by atoms with van der Waals surface area (Å²) in [5.41, 5.74) is 2.46. The van der Waals surface area contributed by atoms with Crippen LogP contribution in [0, 0.1) is 23.2 Å². The zero-order valence-electron chi connectivity index (χ0n) is 8.22. The molecule has 0 aliphatic heterocycles. The van der Waals surface area contributed by atoms with Crippen LogP contribution in [0.5, 0.6) is 0 Å². The minimum atomic E-state index is 0.558. The molecular formula is C11H17N. The molecule has 66 valence electrons. The van der Waals surface area contributed by atoms with Crippen LogP contribution in [0.3, 0.4) is 0 Å². The van der Waals surface area contributed by atoms with Crippen molar-refractivity contribution in [3.05, 3.63) is 11.1 Å². The lowest BCUT2D eigenvalue weighted by atomic mass is 9.81. The summed E-state index contributed by atoms with van der Waals surface area (Å²) in [6.07, 6.45) is 3.34. The van der Waals surface area contributed by atoms with E-state index in [9.17, 15) is 0 Å². The van der Waals surface area contributed by atoms with Crippen molar-refractivity contribution >= 4 is 0 Å². The van der Waals surface area contributed by atoms with Gasteiger partial charge in [-0.05, 0) is 31.1 Å². The fourth-order valence-electron chi connectivity index (χ4n) is 1.86. The quantitative estimate of drug-likeness (QED) is 0.582. The van der Waals surface area contributed by atoms with Crippen LogP contribution in [0.25, 0.3) is 0 Å². The van der Waals surface area contributed by atoms with Gasteiger partial charge in [-0.3, -0.25) is 0 Å². The van der Waals surface area contributed by atoms with E-state index >= 15 is 0 Å². The highest BCUT2D eigenvalue weighted by Crippen LogP contribution is 2.32. The lowest BCUT2D eigenvalue weighted by Gasteiger charge is -2.23. The fourth-order valence-corrected chi connectivity index (χ4v) is 1.86. The highest BCUT2D eigenvalue weighted by atomic mass is 14.3. The number of nitrogens with zero attached hydrogens (tertiary/aromatic N) is 1. The smallest absolute Gasteiger partial charge is 0.0946 e. The Bertz CT molecular complexity index is 230. The Morgan fingerprint density at radius 3 is 2.67 bits per heavy atom. The minimum absolute atomic E-state index is 0.558. The van der Waals surface area contributed by atoms with Gasteiger partial charge in [0, 0.05) is 5.57 Å². The number of hydrogen-bond acceptors (Lipinski definition) is 1. The normalized spacial score (nSPS) is 24.4. The molecule has 0 spiro atoms. The molecule has 0 saturated heterocycles. The summed E-state index contributed by atoms with van der Waals surface area (Å²) >= 11 is 0. The second kappa shape index (κ2) is 3.76. The maximum Gasteiger partial charge on any atom is 0.0946 e. The highest BCUT2D eigenvalue weighted by molar-refractivity contribution is 5.31. The standard InChI is InChI=1S/C11H17N/c1-8(2)11-6-9(3)4-5-10(11)7-12/h8-9H,4-6H2,1-3H3. The lowest BCUT2D eigenvalue weighted by molar-refractivity contribution is 0.472. The third kappa shape index (κ3) is 1.88. The number of rotatable bonds is 1. The first kappa shape index (κ1) is 9.32. The summed E-state index contributed by atoms with van der Waals surface area (Å²) in [7, 11) is 0. The summed E-state index contributed by atoms with van der Waals surface area (Å²) in [5.74, 6) is 1.34. The molecule has 1 unspecified atom stereocenters. The molecule has 0 aromatic heterocycles. The van der Waals surface area contributed by atoms with Crippen molar-refractivity contribution in [3.63, 3.8) is 0 Å². The van der Waals surface area contributed by atoms with E-state index in [1.165, 1.54) is 12.0 Å². The monoisotopic (exact) mass is 163 g/mol. The molecule has 12 heavy (non-hydrogen) atoms. The molecule has 0 fully saturated rings. The van der Waals surface area contributed by atoms with Crippen molar-refractivity contribution in [2.45, 2.75) is 40.0 Å². The van der Waals surface area contributed by atoms with Crippen LogP contribution in [0.4, 0.5) is 0 Å². The van der Waals surface area contributed by atoms with Gasteiger partial charge in [0.15, 0.2) is 0 Å². The first-order chi connectivity index (χ1) is 5.65. The Kier molecular flexibility index (Phi) is 2.92. The molecule has 0 aromatic carbocycles. The Morgan fingerprint density at radius 1 is 1.50 bits per heavy atom. The maximum absolute atomic E-state index is 8.89. The Balaban J connectivity index is 2.86. The molecule has 1 rings (SSSR count). The zero-order valence-corrected chi connectivity index (χ0v) is 8.22. The zero-order chi connectivity index (χ0) is 9.14. The van der Waals surface area contributed by atoms with Crippen LogP contribution < -0.4 is 0 Å². The van der Waals surface area contributed by atoms with Gasteiger partial charge in [0.05, 0.1) is 6.07 Å². The SMILES string of the molecule is CC1CCC(C#N)=C(C(C)C)C1. The summed E-state index contributed by atoms with van der Waals surface area (Å²) in [4.78, 5) is 0. The van der Waals surface area contributed by atoms with Crippen molar-refractivity contribution in [2.24, 2.45) is 11.8 Å². The van der Waals surface area contributed by atoms with Gasteiger partial charge >= 0.3 is 0 Å². The van der Waals surface area contributed by atoms with Crippen LogP contribution >= 0.6 is 0 Å². The average molecular weight is 163 g/mol. The van der Waals surface area contributed by atoms with E-state index < -0.39 is 0 Å². The molecule has 1 aliphatic rings. The van der Waals surface area contributed by atoms with E-state index in [2.05, 4.69) is 26.8 Å².